The molecule has 1 saturated carbocycles. The van der Waals surface area contributed by atoms with Crippen LogP contribution < -0.4 is 0 Å². The van der Waals surface area contributed by atoms with Crippen molar-refractivity contribution < 1.29 is 4.74 Å². The van der Waals surface area contributed by atoms with Crippen molar-refractivity contribution in [2.24, 2.45) is 11.8 Å². The molecule has 0 aromatic carbocycles. The van der Waals surface area contributed by atoms with Crippen LogP contribution in [0.2, 0.25) is 0 Å². The number of allylic oxidation sites excluding steroid dienone is 1. The van der Waals surface area contributed by atoms with Crippen molar-refractivity contribution >= 4 is 0 Å². The van der Waals surface area contributed by atoms with Crippen LogP contribution in [0.15, 0.2) is 11.6 Å². The molecule has 0 aromatic heterocycles. The highest BCUT2D eigenvalue weighted by Gasteiger charge is 2.42. The van der Waals surface area contributed by atoms with Gasteiger partial charge in [0.05, 0.1) is 12.2 Å². The highest BCUT2D eigenvalue weighted by Crippen LogP contribution is 2.46. The van der Waals surface area contributed by atoms with Gasteiger partial charge in [0.2, 0.25) is 0 Å². The van der Waals surface area contributed by atoms with Gasteiger partial charge in [-0.3, -0.25) is 0 Å². The van der Waals surface area contributed by atoms with Crippen molar-refractivity contribution in [2.75, 3.05) is 0 Å². The summed E-state index contributed by atoms with van der Waals surface area (Å²) >= 11 is 0. The molecule has 1 aliphatic heterocycles. The second kappa shape index (κ2) is 5.14. The van der Waals surface area contributed by atoms with Crippen LogP contribution in [-0.2, 0) is 4.74 Å². The Labute approximate surface area is 106 Å². The fraction of sp³-hybridized carbons (Fsp3) is 0.875. The Kier molecular flexibility index (Phi) is 3.56. The van der Waals surface area contributed by atoms with Gasteiger partial charge in [0, 0.05) is 11.8 Å². The lowest BCUT2D eigenvalue weighted by molar-refractivity contribution is -0.106. The molecule has 0 N–H and O–H groups in total. The molecule has 2 fully saturated rings. The van der Waals surface area contributed by atoms with E-state index in [0.29, 0.717) is 12.2 Å². The molecule has 1 heteroatoms. The summed E-state index contributed by atoms with van der Waals surface area (Å²) in [5.41, 5.74) is 1.81. The molecule has 0 amide bonds. The van der Waals surface area contributed by atoms with Gasteiger partial charge in [-0.1, -0.05) is 37.8 Å². The SMILES string of the molecule is CCC[C@H]1O[C@H]2CCCC[C@H]2C2=CCCC[C@H]21. The molecule has 0 radical (unpaired) electrons. The fourth-order valence-electron chi connectivity index (χ4n) is 4.27. The van der Waals surface area contributed by atoms with Crippen molar-refractivity contribution in [3.05, 3.63) is 11.6 Å². The third-order valence-corrected chi connectivity index (χ3v) is 5.03. The first-order valence-corrected chi connectivity index (χ1v) is 7.75. The zero-order valence-corrected chi connectivity index (χ0v) is 11.2. The topological polar surface area (TPSA) is 9.23 Å². The smallest absolute Gasteiger partial charge is 0.0644 e. The molecule has 96 valence electrons. The van der Waals surface area contributed by atoms with Gasteiger partial charge < -0.3 is 4.74 Å². The lowest BCUT2D eigenvalue weighted by atomic mass is 9.68. The Balaban J connectivity index is 1.83. The lowest BCUT2D eigenvalue weighted by Gasteiger charge is -2.47. The van der Waals surface area contributed by atoms with Crippen molar-refractivity contribution in [1.82, 2.24) is 0 Å². The minimum atomic E-state index is 0.547. The van der Waals surface area contributed by atoms with Crippen LogP contribution in [0.1, 0.15) is 64.7 Å². The average Bonchev–Trinajstić information content (AvgIpc) is 2.39. The molecule has 2 aliphatic carbocycles. The minimum absolute atomic E-state index is 0.547. The van der Waals surface area contributed by atoms with E-state index in [1.165, 1.54) is 57.8 Å². The van der Waals surface area contributed by atoms with E-state index in [2.05, 4.69) is 13.0 Å². The highest BCUT2D eigenvalue weighted by molar-refractivity contribution is 5.20. The van der Waals surface area contributed by atoms with E-state index in [0.717, 1.165) is 11.8 Å². The summed E-state index contributed by atoms with van der Waals surface area (Å²) < 4.78 is 6.46. The van der Waals surface area contributed by atoms with E-state index in [1.807, 2.05) is 5.57 Å². The fourth-order valence-corrected chi connectivity index (χ4v) is 4.27. The molecule has 3 aliphatic rings. The first kappa shape index (κ1) is 11.8. The van der Waals surface area contributed by atoms with Crippen molar-refractivity contribution in [3.8, 4) is 0 Å². The maximum absolute atomic E-state index is 6.46. The summed E-state index contributed by atoms with van der Waals surface area (Å²) in [6, 6.07) is 0. The molecule has 0 spiro atoms. The van der Waals surface area contributed by atoms with E-state index < -0.39 is 0 Å². The average molecular weight is 234 g/mol. The number of hydrogen-bond acceptors (Lipinski definition) is 1. The van der Waals surface area contributed by atoms with Crippen molar-refractivity contribution in [3.63, 3.8) is 0 Å². The van der Waals surface area contributed by atoms with Crippen LogP contribution in [-0.4, -0.2) is 12.2 Å². The molecule has 4 atom stereocenters. The predicted octanol–water partition coefficient (Wildman–Crippen LogP) is 4.47. The van der Waals surface area contributed by atoms with Crippen LogP contribution >= 0.6 is 0 Å². The molecule has 1 saturated heterocycles. The Morgan fingerprint density at radius 2 is 1.94 bits per heavy atom. The van der Waals surface area contributed by atoms with Crippen molar-refractivity contribution in [2.45, 2.75) is 76.9 Å². The predicted molar refractivity (Wildman–Crippen MR) is 71.0 cm³/mol. The summed E-state index contributed by atoms with van der Waals surface area (Å²) in [5, 5.41) is 0. The molecule has 1 nitrogen and oxygen atoms in total. The van der Waals surface area contributed by atoms with E-state index >= 15 is 0 Å². The third kappa shape index (κ3) is 2.19. The van der Waals surface area contributed by atoms with Gasteiger partial charge >= 0.3 is 0 Å². The van der Waals surface area contributed by atoms with Gasteiger partial charge in [0.1, 0.15) is 0 Å². The van der Waals surface area contributed by atoms with Crippen LogP contribution in [0.25, 0.3) is 0 Å². The number of hydrogen-bond donors (Lipinski definition) is 0. The van der Waals surface area contributed by atoms with Crippen LogP contribution in [0, 0.1) is 11.8 Å². The second-order valence-electron chi connectivity index (χ2n) is 6.13. The molecule has 3 rings (SSSR count). The van der Waals surface area contributed by atoms with E-state index in [9.17, 15) is 0 Å². The maximum Gasteiger partial charge on any atom is 0.0644 e. The Hall–Kier alpha value is -0.300. The van der Waals surface area contributed by atoms with Gasteiger partial charge in [-0.15, -0.1) is 0 Å². The summed E-state index contributed by atoms with van der Waals surface area (Å²) in [5.74, 6) is 1.57. The second-order valence-corrected chi connectivity index (χ2v) is 6.13. The van der Waals surface area contributed by atoms with E-state index in [-0.39, 0.29) is 0 Å². The van der Waals surface area contributed by atoms with Gasteiger partial charge in [-0.25, -0.2) is 0 Å². The summed E-state index contributed by atoms with van der Waals surface area (Å²) in [4.78, 5) is 0. The highest BCUT2D eigenvalue weighted by atomic mass is 16.5. The molecule has 17 heavy (non-hydrogen) atoms. The zero-order chi connectivity index (χ0) is 11.7. The number of rotatable bonds is 2. The van der Waals surface area contributed by atoms with Gasteiger partial charge in [-0.05, 0) is 38.5 Å². The maximum atomic E-state index is 6.46. The van der Waals surface area contributed by atoms with Crippen LogP contribution in [0.3, 0.4) is 0 Å². The summed E-state index contributed by atoms with van der Waals surface area (Å²) in [6.45, 7) is 2.29. The Morgan fingerprint density at radius 3 is 2.82 bits per heavy atom. The monoisotopic (exact) mass is 234 g/mol. The molecule has 0 unspecified atom stereocenters. The van der Waals surface area contributed by atoms with E-state index in [4.69, 9.17) is 4.74 Å². The molecular weight excluding hydrogens is 208 g/mol. The van der Waals surface area contributed by atoms with Gasteiger partial charge in [0.15, 0.2) is 0 Å². The third-order valence-electron chi connectivity index (χ3n) is 5.03. The van der Waals surface area contributed by atoms with Gasteiger partial charge in [-0.2, -0.15) is 0 Å². The Morgan fingerprint density at radius 1 is 1.12 bits per heavy atom. The Bertz CT molecular complexity index is 294. The van der Waals surface area contributed by atoms with E-state index in [1.54, 1.807) is 0 Å². The normalized spacial score (nSPS) is 41.4. The quantitative estimate of drug-likeness (QED) is 0.640. The molecule has 0 bridgehead atoms. The van der Waals surface area contributed by atoms with Crippen LogP contribution in [0.4, 0.5) is 0 Å². The first-order valence-electron chi connectivity index (χ1n) is 7.75. The standard InChI is InChI=1S/C16H26O/c1-2-7-15-13-9-4-3-8-12(13)14-10-5-6-11-16(14)17-15/h8,13-16H,2-7,9-11H2,1H3/t13-,14+,15-,16+/m1/s1. The number of fused-ring (bicyclic) bond motifs is 3. The van der Waals surface area contributed by atoms with Crippen LogP contribution in [0.5, 0.6) is 0 Å². The first-order chi connectivity index (χ1) is 8.40. The summed E-state index contributed by atoms with van der Waals surface area (Å²) in [6.07, 6.45) is 15.9. The number of ether oxygens (including phenoxy) is 1. The zero-order valence-electron chi connectivity index (χ0n) is 11.2. The lowest BCUT2D eigenvalue weighted by Crippen LogP contribution is -2.45. The minimum Gasteiger partial charge on any atom is -0.374 e. The van der Waals surface area contributed by atoms with Crippen molar-refractivity contribution in [1.29, 1.82) is 0 Å². The summed E-state index contributed by atoms with van der Waals surface area (Å²) in [7, 11) is 0. The molecular formula is C16H26O. The molecule has 1 heterocycles. The largest absolute Gasteiger partial charge is 0.374 e. The van der Waals surface area contributed by atoms with Gasteiger partial charge in [0.25, 0.3) is 0 Å². The molecule has 0 aromatic rings.